The van der Waals surface area contributed by atoms with Crippen LogP contribution in [0.1, 0.15) is 69.3 Å². The summed E-state index contributed by atoms with van der Waals surface area (Å²) in [6.07, 6.45) is 4.00. The van der Waals surface area contributed by atoms with E-state index in [0.717, 1.165) is 11.1 Å². The minimum Gasteiger partial charge on any atom is -0.289 e. The number of fused-ring (bicyclic) bond motifs is 2. The molecule has 1 aliphatic carbocycles. The summed E-state index contributed by atoms with van der Waals surface area (Å²) in [5.74, 6) is -0.173. The van der Waals surface area contributed by atoms with Crippen molar-refractivity contribution < 1.29 is 9.59 Å². The molecule has 0 radical (unpaired) electrons. The minimum absolute atomic E-state index is 0.0847. The Balaban J connectivity index is 1.64. The highest BCUT2D eigenvalue weighted by molar-refractivity contribution is 6.28. The van der Waals surface area contributed by atoms with E-state index in [1.54, 1.807) is 30.3 Å². The Morgan fingerprint density at radius 1 is 0.607 bits per heavy atom. The van der Waals surface area contributed by atoms with Crippen molar-refractivity contribution in [2.75, 3.05) is 0 Å². The van der Waals surface area contributed by atoms with E-state index in [4.69, 9.17) is 0 Å². The molecule has 2 heteroatoms. The molecular weight excluding hydrogens is 344 g/mol. The molecule has 138 valence electrons. The second-order valence-corrected chi connectivity index (χ2v) is 8.21. The maximum absolute atomic E-state index is 12.8. The fraction of sp³-hybridized carbons (Fsp3) is 0.154. The lowest BCUT2D eigenvalue weighted by molar-refractivity contribution is 0.0979. The number of benzene rings is 3. The molecule has 0 aliphatic heterocycles. The standard InChI is InChI=1S/C26H22O2/c1-26(2,3)19-13-10-17(11-14-19)8-9-18-12-15-22-23(16-18)25(28)21-7-5-4-6-20(21)24(22)27/h4-16H,1-3H3/b9-8+. The largest absolute Gasteiger partial charge is 0.289 e. The average molecular weight is 366 g/mol. The Bertz CT molecular complexity index is 1110. The van der Waals surface area contributed by atoms with E-state index in [9.17, 15) is 9.59 Å². The van der Waals surface area contributed by atoms with E-state index in [0.29, 0.717) is 22.3 Å². The Kier molecular flexibility index (Phi) is 4.35. The lowest BCUT2D eigenvalue weighted by Crippen LogP contribution is -2.20. The maximum Gasteiger partial charge on any atom is 0.194 e. The van der Waals surface area contributed by atoms with Gasteiger partial charge in [-0.15, -0.1) is 0 Å². The van der Waals surface area contributed by atoms with Gasteiger partial charge in [0.2, 0.25) is 0 Å². The van der Waals surface area contributed by atoms with Crippen LogP contribution < -0.4 is 0 Å². The van der Waals surface area contributed by atoms with Gasteiger partial charge in [0, 0.05) is 22.3 Å². The summed E-state index contributed by atoms with van der Waals surface area (Å²) in [6, 6.07) is 21.0. The molecule has 0 saturated heterocycles. The van der Waals surface area contributed by atoms with Crippen molar-refractivity contribution >= 4 is 23.7 Å². The van der Waals surface area contributed by atoms with Crippen molar-refractivity contribution in [3.63, 3.8) is 0 Å². The fourth-order valence-corrected chi connectivity index (χ4v) is 3.51. The van der Waals surface area contributed by atoms with Crippen molar-refractivity contribution in [2.24, 2.45) is 0 Å². The van der Waals surface area contributed by atoms with Crippen molar-refractivity contribution in [1.29, 1.82) is 0 Å². The van der Waals surface area contributed by atoms with Crippen LogP contribution in [0.25, 0.3) is 12.2 Å². The quantitative estimate of drug-likeness (QED) is 0.412. The lowest BCUT2D eigenvalue weighted by Gasteiger charge is -2.18. The molecule has 0 atom stereocenters. The van der Waals surface area contributed by atoms with Crippen LogP contribution in [0.4, 0.5) is 0 Å². The van der Waals surface area contributed by atoms with E-state index in [-0.39, 0.29) is 17.0 Å². The smallest absolute Gasteiger partial charge is 0.194 e. The van der Waals surface area contributed by atoms with Crippen LogP contribution in [0.5, 0.6) is 0 Å². The summed E-state index contributed by atoms with van der Waals surface area (Å²) in [5, 5.41) is 0. The summed E-state index contributed by atoms with van der Waals surface area (Å²) in [5.41, 5.74) is 5.36. The molecule has 0 aromatic heterocycles. The highest BCUT2D eigenvalue weighted by Gasteiger charge is 2.29. The minimum atomic E-state index is -0.0880. The van der Waals surface area contributed by atoms with Crippen LogP contribution in [-0.2, 0) is 5.41 Å². The van der Waals surface area contributed by atoms with E-state index in [2.05, 4.69) is 45.0 Å². The van der Waals surface area contributed by atoms with Crippen molar-refractivity contribution in [3.8, 4) is 0 Å². The topological polar surface area (TPSA) is 34.1 Å². The fourth-order valence-electron chi connectivity index (χ4n) is 3.51. The second kappa shape index (κ2) is 6.72. The van der Waals surface area contributed by atoms with Gasteiger partial charge < -0.3 is 0 Å². The zero-order chi connectivity index (χ0) is 19.9. The zero-order valence-corrected chi connectivity index (χ0v) is 16.3. The van der Waals surface area contributed by atoms with Gasteiger partial charge in [-0.25, -0.2) is 0 Å². The Labute approximate surface area is 165 Å². The predicted molar refractivity (Wildman–Crippen MR) is 114 cm³/mol. The normalized spacial score (nSPS) is 13.5. The van der Waals surface area contributed by atoms with E-state index in [1.807, 2.05) is 24.3 Å². The molecule has 1 aliphatic rings. The molecule has 0 amide bonds. The second-order valence-electron chi connectivity index (χ2n) is 8.21. The van der Waals surface area contributed by atoms with Gasteiger partial charge >= 0.3 is 0 Å². The number of rotatable bonds is 2. The summed E-state index contributed by atoms with van der Waals surface area (Å²) >= 11 is 0. The van der Waals surface area contributed by atoms with Gasteiger partial charge in [0.1, 0.15) is 0 Å². The Hall–Kier alpha value is -3.26. The molecule has 0 spiro atoms. The van der Waals surface area contributed by atoms with Gasteiger partial charge in [-0.1, -0.05) is 87.5 Å². The van der Waals surface area contributed by atoms with E-state index < -0.39 is 0 Å². The van der Waals surface area contributed by atoms with Crippen LogP contribution in [0.3, 0.4) is 0 Å². The van der Waals surface area contributed by atoms with E-state index >= 15 is 0 Å². The van der Waals surface area contributed by atoms with Crippen LogP contribution in [0.2, 0.25) is 0 Å². The molecule has 0 heterocycles. The number of ketones is 2. The molecule has 28 heavy (non-hydrogen) atoms. The van der Waals surface area contributed by atoms with Crippen molar-refractivity contribution in [3.05, 3.63) is 106 Å². The van der Waals surface area contributed by atoms with Crippen LogP contribution >= 0.6 is 0 Å². The average Bonchev–Trinajstić information content (AvgIpc) is 2.70. The molecule has 0 N–H and O–H groups in total. The Morgan fingerprint density at radius 2 is 1.11 bits per heavy atom. The molecule has 3 aromatic rings. The molecule has 2 nitrogen and oxygen atoms in total. The Morgan fingerprint density at radius 3 is 1.71 bits per heavy atom. The molecule has 4 rings (SSSR count). The number of hydrogen-bond donors (Lipinski definition) is 0. The highest BCUT2D eigenvalue weighted by Crippen LogP contribution is 2.28. The van der Waals surface area contributed by atoms with Crippen molar-refractivity contribution in [1.82, 2.24) is 0 Å². The molecule has 0 bridgehead atoms. The molecule has 0 unspecified atom stereocenters. The van der Waals surface area contributed by atoms with Gasteiger partial charge in [0.25, 0.3) is 0 Å². The summed E-state index contributed by atoms with van der Waals surface area (Å²) in [4.78, 5) is 25.5. The third kappa shape index (κ3) is 3.22. The van der Waals surface area contributed by atoms with Crippen molar-refractivity contribution in [2.45, 2.75) is 26.2 Å². The van der Waals surface area contributed by atoms with Gasteiger partial charge in [-0.3, -0.25) is 9.59 Å². The SMILES string of the molecule is CC(C)(C)c1ccc(/C=C/c2ccc3c(c2)C(=O)c2ccccc2C3=O)cc1. The number of carbonyl (C=O) groups is 2. The van der Waals surface area contributed by atoms with Crippen LogP contribution in [0, 0.1) is 0 Å². The number of carbonyl (C=O) groups excluding carboxylic acids is 2. The number of hydrogen-bond acceptors (Lipinski definition) is 2. The predicted octanol–water partition coefficient (Wildman–Crippen LogP) is 5.93. The van der Waals surface area contributed by atoms with Gasteiger partial charge in [0.15, 0.2) is 11.6 Å². The molecular formula is C26H22O2. The lowest BCUT2D eigenvalue weighted by atomic mass is 9.83. The first-order valence-electron chi connectivity index (χ1n) is 9.46. The monoisotopic (exact) mass is 366 g/mol. The molecule has 3 aromatic carbocycles. The summed E-state index contributed by atoms with van der Waals surface area (Å²) in [7, 11) is 0. The first-order valence-corrected chi connectivity index (χ1v) is 9.46. The van der Waals surface area contributed by atoms with Gasteiger partial charge in [0.05, 0.1) is 0 Å². The van der Waals surface area contributed by atoms with Gasteiger partial charge in [-0.05, 0) is 34.2 Å². The highest BCUT2D eigenvalue weighted by atomic mass is 16.1. The maximum atomic E-state index is 12.8. The summed E-state index contributed by atoms with van der Waals surface area (Å²) in [6.45, 7) is 6.59. The van der Waals surface area contributed by atoms with Gasteiger partial charge in [-0.2, -0.15) is 0 Å². The third-order valence-corrected chi connectivity index (χ3v) is 5.19. The summed E-state index contributed by atoms with van der Waals surface area (Å²) < 4.78 is 0. The molecule has 0 fully saturated rings. The van der Waals surface area contributed by atoms with Crippen LogP contribution in [0.15, 0.2) is 66.7 Å². The third-order valence-electron chi connectivity index (χ3n) is 5.19. The first kappa shape index (κ1) is 18.1. The van der Waals surface area contributed by atoms with E-state index in [1.165, 1.54) is 5.56 Å². The van der Waals surface area contributed by atoms with Crippen LogP contribution in [-0.4, -0.2) is 11.6 Å². The molecule has 0 saturated carbocycles. The first-order chi connectivity index (χ1) is 13.3. The zero-order valence-electron chi connectivity index (χ0n) is 16.3.